The van der Waals surface area contributed by atoms with Crippen LogP contribution in [0.5, 0.6) is 0 Å². The molecule has 3 heteroatoms. The molecule has 0 N–H and O–H groups in total. The van der Waals surface area contributed by atoms with E-state index in [9.17, 15) is 0 Å². The molecular weight excluding hydrogens is 332 g/mol. The Morgan fingerprint density at radius 2 is 1.85 bits per heavy atom. The van der Waals surface area contributed by atoms with E-state index >= 15 is 0 Å². The van der Waals surface area contributed by atoms with Gasteiger partial charge in [0.1, 0.15) is 0 Å². The minimum absolute atomic E-state index is 0. The van der Waals surface area contributed by atoms with E-state index in [-0.39, 0.29) is 21.1 Å². The number of piperidine rings is 1. The smallest absolute Gasteiger partial charge is 0 e. The first-order valence-corrected chi connectivity index (χ1v) is 5.20. The van der Waals surface area contributed by atoms with Crippen molar-refractivity contribution in [3.63, 3.8) is 0 Å². The van der Waals surface area contributed by atoms with Crippen LogP contribution in [-0.2, 0) is 21.1 Å². The Balaban J connectivity index is 0.000000845. The molecule has 2 aliphatic heterocycles. The van der Waals surface area contributed by atoms with Gasteiger partial charge in [-0.25, -0.2) is 0 Å². The summed E-state index contributed by atoms with van der Waals surface area (Å²) in [6, 6.07) is 0. The SMILES string of the molecule is CC1CCN(CC2C[N-]C2)CC1.[W]. The second-order valence-corrected chi connectivity index (χ2v) is 4.44. The monoisotopic (exact) mass is 351 g/mol. The van der Waals surface area contributed by atoms with Crippen molar-refractivity contribution < 1.29 is 21.1 Å². The molecule has 2 nitrogen and oxygen atoms in total. The fourth-order valence-electron chi connectivity index (χ4n) is 2.04. The van der Waals surface area contributed by atoms with Gasteiger partial charge < -0.3 is 10.2 Å². The molecule has 2 rings (SSSR count). The average Bonchev–Trinajstić information content (AvgIpc) is 2.00. The molecule has 13 heavy (non-hydrogen) atoms. The zero-order valence-corrected chi connectivity index (χ0v) is 11.3. The van der Waals surface area contributed by atoms with E-state index in [1.54, 1.807) is 0 Å². The summed E-state index contributed by atoms with van der Waals surface area (Å²) in [7, 11) is 0. The van der Waals surface area contributed by atoms with Gasteiger partial charge in [-0.15, -0.1) is 13.1 Å². The second kappa shape index (κ2) is 5.48. The van der Waals surface area contributed by atoms with Gasteiger partial charge in [0.2, 0.25) is 0 Å². The van der Waals surface area contributed by atoms with Crippen LogP contribution in [0.2, 0.25) is 0 Å². The molecule has 2 heterocycles. The molecular formula is C10H19N2W-. The topological polar surface area (TPSA) is 17.3 Å². The van der Waals surface area contributed by atoms with Crippen LogP contribution in [-0.4, -0.2) is 37.6 Å². The van der Waals surface area contributed by atoms with Gasteiger partial charge in [0.15, 0.2) is 0 Å². The Labute approximate surface area is 95.7 Å². The predicted molar refractivity (Wildman–Crippen MR) is 51.4 cm³/mol. The number of hydrogen-bond donors (Lipinski definition) is 0. The summed E-state index contributed by atoms with van der Waals surface area (Å²) in [5.74, 6) is 1.87. The second-order valence-electron chi connectivity index (χ2n) is 4.44. The van der Waals surface area contributed by atoms with Gasteiger partial charge in [-0.1, -0.05) is 12.8 Å². The molecule has 0 saturated carbocycles. The summed E-state index contributed by atoms with van der Waals surface area (Å²) in [4.78, 5) is 2.62. The Kier molecular flexibility index (Phi) is 4.92. The van der Waals surface area contributed by atoms with Crippen LogP contribution in [0, 0.1) is 11.8 Å². The standard InChI is InChI=1S/C10H19N2.W/c1-9-2-4-12(5-3-9)8-10-6-11-7-10;/h9-10H,2-8H2,1H3;/q-1;. The van der Waals surface area contributed by atoms with Crippen molar-refractivity contribution in [2.75, 3.05) is 32.7 Å². The minimum atomic E-state index is 0. The van der Waals surface area contributed by atoms with Crippen molar-refractivity contribution in [3.05, 3.63) is 5.32 Å². The van der Waals surface area contributed by atoms with Crippen molar-refractivity contribution in [2.45, 2.75) is 19.8 Å². The summed E-state index contributed by atoms with van der Waals surface area (Å²) in [5.41, 5.74) is 0. The van der Waals surface area contributed by atoms with E-state index in [0.29, 0.717) is 0 Å². The molecule has 76 valence electrons. The third-order valence-electron chi connectivity index (χ3n) is 3.17. The number of rotatable bonds is 2. The first kappa shape index (κ1) is 11.7. The van der Waals surface area contributed by atoms with Gasteiger partial charge >= 0.3 is 0 Å². The van der Waals surface area contributed by atoms with E-state index in [4.69, 9.17) is 0 Å². The molecule has 2 fully saturated rings. The minimum Gasteiger partial charge on any atom is -0.662 e. The first-order chi connectivity index (χ1) is 5.84. The molecule has 0 aromatic heterocycles. The van der Waals surface area contributed by atoms with Gasteiger partial charge in [-0.2, -0.15) is 0 Å². The number of likely N-dealkylation sites (tertiary alicyclic amines) is 1. The third-order valence-corrected chi connectivity index (χ3v) is 3.17. The van der Waals surface area contributed by atoms with E-state index < -0.39 is 0 Å². The maximum atomic E-state index is 4.25. The van der Waals surface area contributed by atoms with Gasteiger partial charge in [0, 0.05) is 21.1 Å². The maximum absolute atomic E-state index is 4.25. The van der Waals surface area contributed by atoms with E-state index in [1.807, 2.05) is 0 Å². The maximum Gasteiger partial charge on any atom is 0 e. The van der Waals surface area contributed by atoms with Crippen molar-refractivity contribution >= 4 is 0 Å². The van der Waals surface area contributed by atoms with E-state index in [1.165, 1.54) is 32.5 Å². The molecule has 0 radical (unpaired) electrons. The molecule has 0 bridgehead atoms. The van der Waals surface area contributed by atoms with Crippen LogP contribution in [0.4, 0.5) is 0 Å². The van der Waals surface area contributed by atoms with Crippen LogP contribution in [0.3, 0.4) is 0 Å². The zero-order valence-electron chi connectivity index (χ0n) is 8.41. The summed E-state index contributed by atoms with van der Waals surface area (Å²) in [6.45, 7) is 8.61. The molecule has 2 aliphatic rings. The van der Waals surface area contributed by atoms with Crippen molar-refractivity contribution in [1.82, 2.24) is 4.90 Å². The van der Waals surface area contributed by atoms with Crippen molar-refractivity contribution in [2.24, 2.45) is 11.8 Å². The molecule has 0 aromatic rings. The molecule has 0 unspecified atom stereocenters. The van der Waals surface area contributed by atoms with Gasteiger partial charge in [-0.05, 0) is 38.4 Å². The van der Waals surface area contributed by atoms with Crippen LogP contribution in [0.25, 0.3) is 5.32 Å². The summed E-state index contributed by atoms with van der Waals surface area (Å²) in [5, 5.41) is 4.25. The van der Waals surface area contributed by atoms with Crippen LogP contribution in [0.15, 0.2) is 0 Å². The largest absolute Gasteiger partial charge is 0.662 e. The molecule has 0 amide bonds. The predicted octanol–water partition coefficient (Wildman–Crippen LogP) is 1.72. The average molecular weight is 351 g/mol. The van der Waals surface area contributed by atoms with E-state index in [0.717, 1.165) is 24.9 Å². The Morgan fingerprint density at radius 3 is 2.31 bits per heavy atom. The fraction of sp³-hybridized carbons (Fsp3) is 1.00. The van der Waals surface area contributed by atoms with Crippen LogP contribution in [0.1, 0.15) is 19.8 Å². The molecule has 0 aliphatic carbocycles. The van der Waals surface area contributed by atoms with Crippen LogP contribution < -0.4 is 0 Å². The van der Waals surface area contributed by atoms with Gasteiger partial charge in [-0.3, -0.25) is 0 Å². The zero-order chi connectivity index (χ0) is 8.39. The molecule has 0 atom stereocenters. The van der Waals surface area contributed by atoms with Crippen LogP contribution >= 0.6 is 0 Å². The number of hydrogen-bond acceptors (Lipinski definition) is 1. The normalized spacial score (nSPS) is 26.5. The molecule has 0 aromatic carbocycles. The Hall–Kier alpha value is 0.608. The fourth-order valence-corrected chi connectivity index (χ4v) is 2.04. The first-order valence-electron chi connectivity index (χ1n) is 5.20. The van der Waals surface area contributed by atoms with Gasteiger partial charge in [0.05, 0.1) is 0 Å². The van der Waals surface area contributed by atoms with Crippen molar-refractivity contribution in [3.8, 4) is 0 Å². The summed E-state index contributed by atoms with van der Waals surface area (Å²) < 4.78 is 0. The van der Waals surface area contributed by atoms with Gasteiger partial charge in [0.25, 0.3) is 0 Å². The Morgan fingerprint density at radius 1 is 1.23 bits per heavy atom. The summed E-state index contributed by atoms with van der Waals surface area (Å²) in [6.07, 6.45) is 2.81. The van der Waals surface area contributed by atoms with E-state index in [2.05, 4.69) is 17.1 Å². The third kappa shape index (κ3) is 3.34. The van der Waals surface area contributed by atoms with Crippen molar-refractivity contribution in [1.29, 1.82) is 0 Å². The quantitative estimate of drug-likeness (QED) is 0.741. The number of nitrogens with zero attached hydrogens (tertiary/aromatic N) is 2. The molecule has 0 spiro atoms. The summed E-state index contributed by atoms with van der Waals surface area (Å²) >= 11 is 0. The molecule has 2 saturated heterocycles. The Bertz CT molecular complexity index is 140.